The van der Waals surface area contributed by atoms with Gasteiger partial charge in [-0.15, -0.1) is 0 Å². The van der Waals surface area contributed by atoms with Crippen LogP contribution >= 0.6 is 0 Å². The standard InChI is InChI=1S/C18H23NO3/c1-11-5-16-15(7-18(20)22-17(16)6-12(11)2)10-19-8-13(3)21-14(4)9-19/h5-7,13-14H,8-10H2,1-4H3/t13-,14+. The first-order valence-corrected chi connectivity index (χ1v) is 7.84. The first-order valence-electron chi connectivity index (χ1n) is 7.84. The molecule has 4 nitrogen and oxygen atoms in total. The molecular weight excluding hydrogens is 278 g/mol. The third-order valence-electron chi connectivity index (χ3n) is 4.33. The summed E-state index contributed by atoms with van der Waals surface area (Å²) in [6.45, 7) is 10.8. The van der Waals surface area contributed by atoms with E-state index < -0.39 is 0 Å². The van der Waals surface area contributed by atoms with Crippen LogP contribution in [0, 0.1) is 13.8 Å². The Morgan fingerprint density at radius 1 is 1.09 bits per heavy atom. The van der Waals surface area contributed by atoms with E-state index in [1.54, 1.807) is 6.07 Å². The number of nitrogens with zero attached hydrogens (tertiary/aromatic N) is 1. The molecule has 0 amide bonds. The number of ether oxygens (including phenoxy) is 1. The summed E-state index contributed by atoms with van der Waals surface area (Å²) < 4.78 is 11.1. The molecule has 1 aliphatic rings. The van der Waals surface area contributed by atoms with Crippen LogP contribution in [-0.4, -0.2) is 30.2 Å². The van der Waals surface area contributed by atoms with Crippen molar-refractivity contribution in [2.24, 2.45) is 0 Å². The van der Waals surface area contributed by atoms with E-state index in [0.29, 0.717) is 5.58 Å². The van der Waals surface area contributed by atoms with E-state index in [1.165, 1.54) is 5.56 Å². The molecule has 1 aromatic carbocycles. The van der Waals surface area contributed by atoms with Gasteiger partial charge in [-0.05, 0) is 56.5 Å². The molecule has 3 rings (SSSR count). The van der Waals surface area contributed by atoms with Gasteiger partial charge in [0.15, 0.2) is 0 Å². The maximum absolute atomic E-state index is 11.9. The average Bonchev–Trinajstić information content (AvgIpc) is 2.39. The van der Waals surface area contributed by atoms with E-state index in [0.717, 1.165) is 36.1 Å². The zero-order valence-corrected chi connectivity index (χ0v) is 13.7. The highest BCUT2D eigenvalue weighted by molar-refractivity contribution is 5.81. The molecule has 0 N–H and O–H groups in total. The van der Waals surface area contributed by atoms with Crippen LogP contribution in [0.2, 0.25) is 0 Å². The van der Waals surface area contributed by atoms with Crippen LogP contribution < -0.4 is 5.63 Å². The lowest BCUT2D eigenvalue weighted by atomic mass is 10.0. The lowest BCUT2D eigenvalue weighted by Crippen LogP contribution is -2.44. The van der Waals surface area contributed by atoms with E-state index >= 15 is 0 Å². The summed E-state index contributed by atoms with van der Waals surface area (Å²) in [5.74, 6) is 0. The number of hydrogen-bond donors (Lipinski definition) is 0. The molecule has 118 valence electrons. The smallest absolute Gasteiger partial charge is 0.336 e. The molecule has 1 fully saturated rings. The van der Waals surface area contributed by atoms with Gasteiger partial charge in [0.2, 0.25) is 0 Å². The minimum absolute atomic E-state index is 0.221. The highest BCUT2D eigenvalue weighted by atomic mass is 16.5. The molecule has 1 aromatic heterocycles. The van der Waals surface area contributed by atoms with Crippen molar-refractivity contribution < 1.29 is 9.15 Å². The number of rotatable bonds is 2. The largest absolute Gasteiger partial charge is 0.423 e. The number of morpholine rings is 1. The van der Waals surface area contributed by atoms with Crippen LogP contribution in [0.15, 0.2) is 27.4 Å². The minimum Gasteiger partial charge on any atom is -0.423 e. The third-order valence-corrected chi connectivity index (χ3v) is 4.33. The van der Waals surface area contributed by atoms with Gasteiger partial charge >= 0.3 is 5.63 Å². The number of hydrogen-bond acceptors (Lipinski definition) is 4. The normalized spacial score (nSPS) is 23.1. The maximum Gasteiger partial charge on any atom is 0.336 e. The molecule has 1 saturated heterocycles. The van der Waals surface area contributed by atoms with Crippen LogP contribution in [-0.2, 0) is 11.3 Å². The second kappa shape index (κ2) is 5.86. The number of fused-ring (bicyclic) bond motifs is 1. The molecule has 22 heavy (non-hydrogen) atoms. The van der Waals surface area contributed by atoms with Gasteiger partial charge in [0.25, 0.3) is 0 Å². The molecule has 0 saturated carbocycles. The molecule has 0 radical (unpaired) electrons. The maximum atomic E-state index is 11.9. The molecule has 2 heterocycles. The molecule has 0 spiro atoms. The Hall–Kier alpha value is -1.65. The van der Waals surface area contributed by atoms with E-state index in [2.05, 4.69) is 31.7 Å². The molecule has 2 aromatic rings. The molecular formula is C18H23NO3. The fourth-order valence-electron chi connectivity index (χ4n) is 3.27. The van der Waals surface area contributed by atoms with Gasteiger partial charge in [0.05, 0.1) is 12.2 Å². The molecule has 1 aliphatic heterocycles. The molecule has 4 heteroatoms. The van der Waals surface area contributed by atoms with Crippen LogP contribution in [0.5, 0.6) is 0 Å². The Bertz CT molecular complexity index is 740. The number of aryl methyl sites for hydroxylation is 2. The summed E-state index contributed by atoms with van der Waals surface area (Å²) in [4.78, 5) is 14.2. The second-order valence-corrected chi connectivity index (χ2v) is 6.47. The summed E-state index contributed by atoms with van der Waals surface area (Å²) in [6, 6.07) is 5.71. The fraction of sp³-hybridized carbons (Fsp3) is 0.500. The van der Waals surface area contributed by atoms with Crippen molar-refractivity contribution in [2.45, 2.75) is 46.4 Å². The van der Waals surface area contributed by atoms with Crippen molar-refractivity contribution in [3.8, 4) is 0 Å². The topological polar surface area (TPSA) is 42.7 Å². The second-order valence-electron chi connectivity index (χ2n) is 6.47. The van der Waals surface area contributed by atoms with Gasteiger partial charge in [0.1, 0.15) is 5.58 Å². The van der Waals surface area contributed by atoms with Crippen LogP contribution in [0.4, 0.5) is 0 Å². The summed E-state index contributed by atoms with van der Waals surface area (Å²) >= 11 is 0. The summed E-state index contributed by atoms with van der Waals surface area (Å²) in [5, 5.41) is 1.04. The van der Waals surface area contributed by atoms with Gasteiger partial charge in [-0.1, -0.05) is 0 Å². The Labute approximate surface area is 130 Å². The predicted molar refractivity (Wildman–Crippen MR) is 87.2 cm³/mol. The van der Waals surface area contributed by atoms with E-state index in [1.807, 2.05) is 13.0 Å². The van der Waals surface area contributed by atoms with E-state index in [9.17, 15) is 4.79 Å². The monoisotopic (exact) mass is 301 g/mol. The first kappa shape index (κ1) is 15.3. The lowest BCUT2D eigenvalue weighted by molar-refractivity contribution is -0.0704. The molecule has 0 aliphatic carbocycles. The van der Waals surface area contributed by atoms with Gasteiger partial charge in [-0.3, -0.25) is 4.90 Å². The molecule has 0 unspecified atom stereocenters. The third kappa shape index (κ3) is 3.08. The van der Waals surface area contributed by atoms with Crippen molar-refractivity contribution in [1.82, 2.24) is 4.90 Å². The summed E-state index contributed by atoms with van der Waals surface area (Å²) in [6.07, 6.45) is 0.443. The summed E-state index contributed by atoms with van der Waals surface area (Å²) in [7, 11) is 0. The zero-order valence-electron chi connectivity index (χ0n) is 13.7. The van der Waals surface area contributed by atoms with Crippen molar-refractivity contribution in [2.75, 3.05) is 13.1 Å². The summed E-state index contributed by atoms with van der Waals surface area (Å²) in [5.41, 5.74) is 3.79. The van der Waals surface area contributed by atoms with Crippen LogP contribution in [0.1, 0.15) is 30.5 Å². The van der Waals surface area contributed by atoms with E-state index in [4.69, 9.17) is 9.15 Å². The highest BCUT2D eigenvalue weighted by Crippen LogP contribution is 2.23. The Balaban J connectivity index is 1.99. The zero-order chi connectivity index (χ0) is 15.9. The van der Waals surface area contributed by atoms with Gasteiger partial charge in [-0.25, -0.2) is 4.79 Å². The van der Waals surface area contributed by atoms with Crippen LogP contribution in [0.25, 0.3) is 11.0 Å². The van der Waals surface area contributed by atoms with Crippen molar-refractivity contribution in [3.63, 3.8) is 0 Å². The van der Waals surface area contributed by atoms with E-state index in [-0.39, 0.29) is 17.8 Å². The van der Waals surface area contributed by atoms with Crippen molar-refractivity contribution in [1.29, 1.82) is 0 Å². The molecule has 2 atom stereocenters. The Morgan fingerprint density at radius 2 is 1.73 bits per heavy atom. The van der Waals surface area contributed by atoms with Crippen molar-refractivity contribution >= 4 is 11.0 Å². The van der Waals surface area contributed by atoms with Crippen LogP contribution in [0.3, 0.4) is 0 Å². The quantitative estimate of drug-likeness (QED) is 0.800. The minimum atomic E-state index is -0.278. The van der Waals surface area contributed by atoms with Gasteiger partial charge in [-0.2, -0.15) is 0 Å². The molecule has 0 bridgehead atoms. The lowest BCUT2D eigenvalue weighted by Gasteiger charge is -2.35. The van der Waals surface area contributed by atoms with Crippen molar-refractivity contribution in [3.05, 3.63) is 45.3 Å². The average molecular weight is 301 g/mol. The fourth-order valence-corrected chi connectivity index (χ4v) is 3.27. The van der Waals surface area contributed by atoms with Gasteiger partial charge in [0, 0.05) is 31.1 Å². The van der Waals surface area contributed by atoms with Gasteiger partial charge < -0.3 is 9.15 Å². The Kier molecular flexibility index (Phi) is 4.06. The number of benzene rings is 1. The highest BCUT2D eigenvalue weighted by Gasteiger charge is 2.23. The predicted octanol–water partition coefficient (Wildman–Crippen LogP) is 3.02. The SMILES string of the molecule is Cc1cc2oc(=O)cc(CN3C[C@@H](C)O[C@@H](C)C3)c2cc1C. The first-order chi connectivity index (χ1) is 10.4. The Morgan fingerprint density at radius 3 is 2.41 bits per heavy atom.